The first-order valence-electron chi connectivity index (χ1n) is 7.15. The fourth-order valence-corrected chi connectivity index (χ4v) is 1.70. The molecule has 0 heterocycles. The second kappa shape index (κ2) is 7.49. The molecule has 19 heavy (non-hydrogen) atoms. The summed E-state index contributed by atoms with van der Waals surface area (Å²) in [4.78, 5) is 0. The Morgan fingerprint density at radius 3 is 2.42 bits per heavy atom. The molecule has 0 aromatic heterocycles. The summed E-state index contributed by atoms with van der Waals surface area (Å²) in [6.45, 7) is 11.2. The minimum atomic E-state index is -0.282. The predicted octanol–water partition coefficient (Wildman–Crippen LogP) is 4.31. The average molecular weight is 267 g/mol. The summed E-state index contributed by atoms with van der Waals surface area (Å²) >= 11 is 0. The van der Waals surface area contributed by atoms with Crippen LogP contribution in [-0.2, 0) is 0 Å². The van der Waals surface area contributed by atoms with Crippen LogP contribution in [0.25, 0.3) is 0 Å². The first kappa shape index (κ1) is 16.0. The molecule has 0 aliphatic carbocycles. The van der Waals surface area contributed by atoms with Gasteiger partial charge in [-0.05, 0) is 50.4 Å². The lowest BCUT2D eigenvalue weighted by atomic mass is 10.1. The molecule has 3 heteroatoms. The zero-order valence-electron chi connectivity index (χ0n) is 12.7. The highest BCUT2D eigenvalue weighted by Gasteiger charge is 2.13. The molecular weight excluding hydrogens is 241 g/mol. The summed E-state index contributed by atoms with van der Waals surface area (Å²) in [6.07, 6.45) is 1.08. The first-order valence-corrected chi connectivity index (χ1v) is 7.15. The van der Waals surface area contributed by atoms with Crippen molar-refractivity contribution < 1.29 is 9.13 Å². The van der Waals surface area contributed by atoms with Gasteiger partial charge >= 0.3 is 0 Å². The van der Waals surface area contributed by atoms with Crippen LogP contribution in [-0.4, -0.2) is 12.6 Å². The van der Waals surface area contributed by atoms with Crippen LogP contribution in [0.5, 0.6) is 5.75 Å². The summed E-state index contributed by atoms with van der Waals surface area (Å²) in [5.41, 5.74) is 0.954. The van der Waals surface area contributed by atoms with Crippen molar-refractivity contribution in [3.8, 4) is 5.75 Å². The molecule has 2 nitrogen and oxygen atoms in total. The van der Waals surface area contributed by atoms with E-state index in [0.717, 1.165) is 18.5 Å². The summed E-state index contributed by atoms with van der Waals surface area (Å²) in [5.74, 6) is 0.423. The monoisotopic (exact) mass is 267 g/mol. The van der Waals surface area contributed by atoms with Crippen LogP contribution in [0.1, 0.15) is 52.6 Å². The molecule has 0 saturated heterocycles. The summed E-state index contributed by atoms with van der Waals surface area (Å²) in [6, 6.07) is 5.38. The molecular formula is C16H26FNO. The van der Waals surface area contributed by atoms with E-state index >= 15 is 0 Å². The molecule has 0 saturated carbocycles. The van der Waals surface area contributed by atoms with E-state index in [1.165, 1.54) is 0 Å². The van der Waals surface area contributed by atoms with E-state index in [-0.39, 0.29) is 18.0 Å². The third kappa shape index (κ3) is 4.83. The molecule has 108 valence electrons. The molecule has 0 bridgehead atoms. The third-order valence-corrected chi connectivity index (χ3v) is 3.41. The Kier molecular flexibility index (Phi) is 6.29. The number of rotatable bonds is 7. The molecule has 1 rings (SSSR count). The first-order chi connectivity index (χ1) is 8.95. The quantitative estimate of drug-likeness (QED) is 0.795. The Bertz CT molecular complexity index is 392. The van der Waals surface area contributed by atoms with E-state index in [2.05, 4.69) is 26.1 Å². The molecule has 0 spiro atoms. The Labute approximate surface area is 116 Å². The van der Waals surface area contributed by atoms with E-state index in [1.807, 2.05) is 19.9 Å². The van der Waals surface area contributed by atoms with E-state index in [9.17, 15) is 4.39 Å². The molecule has 1 N–H and O–H groups in total. The van der Waals surface area contributed by atoms with Crippen LogP contribution in [0.4, 0.5) is 4.39 Å². The van der Waals surface area contributed by atoms with Crippen molar-refractivity contribution in [1.29, 1.82) is 0 Å². The van der Waals surface area contributed by atoms with E-state index < -0.39 is 0 Å². The smallest absolute Gasteiger partial charge is 0.165 e. The van der Waals surface area contributed by atoms with Crippen molar-refractivity contribution in [3.63, 3.8) is 0 Å². The number of hydrogen-bond acceptors (Lipinski definition) is 2. The van der Waals surface area contributed by atoms with Crippen LogP contribution >= 0.6 is 0 Å². The topological polar surface area (TPSA) is 21.3 Å². The number of ether oxygens (including phenoxy) is 1. The Morgan fingerprint density at radius 1 is 1.21 bits per heavy atom. The minimum absolute atomic E-state index is 0.0102. The Morgan fingerprint density at radius 2 is 1.89 bits per heavy atom. The largest absolute Gasteiger partial charge is 0.487 e. The van der Waals surface area contributed by atoms with E-state index in [1.54, 1.807) is 12.1 Å². The lowest BCUT2D eigenvalue weighted by molar-refractivity contribution is 0.163. The Hall–Kier alpha value is -1.09. The van der Waals surface area contributed by atoms with E-state index in [4.69, 9.17) is 4.74 Å². The fraction of sp³-hybridized carbons (Fsp3) is 0.625. The average Bonchev–Trinajstić information content (AvgIpc) is 2.37. The lowest BCUT2D eigenvalue weighted by Gasteiger charge is -2.20. The molecule has 1 aromatic rings. The van der Waals surface area contributed by atoms with Crippen molar-refractivity contribution in [2.75, 3.05) is 6.54 Å². The van der Waals surface area contributed by atoms with Crippen LogP contribution in [0.15, 0.2) is 18.2 Å². The molecule has 1 aromatic carbocycles. The van der Waals surface area contributed by atoms with Gasteiger partial charge in [-0.1, -0.05) is 26.8 Å². The second-order valence-electron chi connectivity index (χ2n) is 5.43. The van der Waals surface area contributed by atoms with Gasteiger partial charge in [-0.2, -0.15) is 0 Å². The maximum absolute atomic E-state index is 14.0. The molecule has 0 aliphatic rings. The molecule has 0 amide bonds. The van der Waals surface area contributed by atoms with Crippen molar-refractivity contribution in [1.82, 2.24) is 5.32 Å². The molecule has 0 fully saturated rings. The van der Waals surface area contributed by atoms with Gasteiger partial charge in [0.15, 0.2) is 11.6 Å². The van der Waals surface area contributed by atoms with Crippen molar-refractivity contribution in [3.05, 3.63) is 29.6 Å². The van der Waals surface area contributed by atoms with Crippen LogP contribution < -0.4 is 10.1 Å². The third-order valence-electron chi connectivity index (χ3n) is 3.41. The van der Waals surface area contributed by atoms with Gasteiger partial charge in [0.1, 0.15) is 0 Å². The zero-order valence-corrected chi connectivity index (χ0v) is 12.7. The highest BCUT2D eigenvalue weighted by Crippen LogP contribution is 2.24. The van der Waals surface area contributed by atoms with Crippen LogP contribution in [0.2, 0.25) is 0 Å². The highest BCUT2D eigenvalue weighted by molar-refractivity contribution is 5.31. The van der Waals surface area contributed by atoms with Crippen molar-refractivity contribution in [2.24, 2.45) is 5.92 Å². The fourth-order valence-electron chi connectivity index (χ4n) is 1.70. The van der Waals surface area contributed by atoms with Crippen LogP contribution in [0, 0.1) is 11.7 Å². The SMILES string of the molecule is CCCNC(C)c1ccc(OC(C)C(C)C)c(F)c1. The standard InChI is InChI=1S/C16H26FNO/c1-6-9-18-12(4)14-7-8-16(15(17)10-14)19-13(5)11(2)3/h7-8,10-13,18H,6,9H2,1-5H3. The number of hydrogen-bond donors (Lipinski definition) is 1. The highest BCUT2D eigenvalue weighted by atomic mass is 19.1. The Balaban J connectivity index is 2.74. The molecule has 2 unspecified atom stereocenters. The maximum atomic E-state index is 14.0. The van der Waals surface area contributed by atoms with Gasteiger partial charge in [0, 0.05) is 6.04 Å². The predicted molar refractivity (Wildman–Crippen MR) is 78.0 cm³/mol. The molecule has 2 atom stereocenters. The molecule has 0 radical (unpaired) electrons. The molecule has 0 aliphatic heterocycles. The van der Waals surface area contributed by atoms with Crippen molar-refractivity contribution >= 4 is 0 Å². The lowest BCUT2D eigenvalue weighted by Crippen LogP contribution is -2.20. The van der Waals surface area contributed by atoms with Gasteiger partial charge in [0.25, 0.3) is 0 Å². The number of nitrogens with one attached hydrogen (secondary N) is 1. The number of halogens is 1. The summed E-state index contributed by atoms with van der Waals surface area (Å²) in [7, 11) is 0. The second-order valence-corrected chi connectivity index (χ2v) is 5.43. The van der Waals surface area contributed by atoms with Crippen molar-refractivity contribution in [2.45, 2.75) is 53.2 Å². The van der Waals surface area contributed by atoms with E-state index in [0.29, 0.717) is 11.7 Å². The summed E-state index contributed by atoms with van der Waals surface area (Å²) < 4.78 is 19.6. The maximum Gasteiger partial charge on any atom is 0.165 e. The van der Waals surface area contributed by atoms with Gasteiger partial charge in [-0.15, -0.1) is 0 Å². The minimum Gasteiger partial charge on any atom is -0.487 e. The van der Waals surface area contributed by atoms with Gasteiger partial charge in [0.2, 0.25) is 0 Å². The number of benzene rings is 1. The normalized spacial score (nSPS) is 14.5. The van der Waals surface area contributed by atoms with Gasteiger partial charge in [-0.25, -0.2) is 4.39 Å². The zero-order chi connectivity index (χ0) is 14.4. The summed E-state index contributed by atoms with van der Waals surface area (Å²) in [5, 5.41) is 3.35. The van der Waals surface area contributed by atoms with Crippen LogP contribution in [0.3, 0.4) is 0 Å². The van der Waals surface area contributed by atoms with Gasteiger partial charge in [-0.3, -0.25) is 0 Å². The van der Waals surface area contributed by atoms with Gasteiger partial charge in [0.05, 0.1) is 6.10 Å². The van der Waals surface area contributed by atoms with Gasteiger partial charge < -0.3 is 10.1 Å².